The van der Waals surface area contributed by atoms with Gasteiger partial charge in [-0.15, -0.1) is 0 Å². The van der Waals surface area contributed by atoms with E-state index in [9.17, 15) is 9.59 Å². The van der Waals surface area contributed by atoms with E-state index in [1.54, 1.807) is 37.7 Å². The molecule has 0 fully saturated rings. The maximum atomic E-state index is 14.1. The van der Waals surface area contributed by atoms with Crippen LogP contribution in [-0.2, 0) is 16.1 Å². The van der Waals surface area contributed by atoms with Gasteiger partial charge in [0.05, 0.1) is 35.6 Å². The first-order chi connectivity index (χ1) is 21.2. The lowest BCUT2D eigenvalue weighted by Crippen LogP contribution is -2.40. The fraction of sp³-hybridized carbons (Fsp3) is 0.265. The Hall–Kier alpha value is -4.34. The molecule has 5 rings (SSSR count). The summed E-state index contributed by atoms with van der Waals surface area (Å²) in [4.78, 5) is 32.5. The standard InChI is InChI=1S/C34H33ClN2O6S/c1-6-41-33(39)30-21(4)36-34-37(31(30)25-12-7-8-13-26(25)43-20(2)3)32(38)29(44-34)18-22-14-15-27(28(17-22)40-5)42-19-23-10-9-11-24(35)16-23/h7-18,20,31H,6,19H2,1-5H3/b29-18-/t31-/m0/s1. The van der Waals surface area contributed by atoms with Gasteiger partial charge in [0.25, 0.3) is 5.56 Å². The van der Waals surface area contributed by atoms with Crippen LogP contribution in [0.5, 0.6) is 17.2 Å². The zero-order valence-electron chi connectivity index (χ0n) is 25.1. The number of aromatic nitrogens is 1. The molecule has 0 radical (unpaired) electrons. The zero-order valence-corrected chi connectivity index (χ0v) is 26.7. The summed E-state index contributed by atoms with van der Waals surface area (Å²) in [5.74, 6) is 1.14. The first-order valence-electron chi connectivity index (χ1n) is 14.2. The third-order valence-corrected chi connectivity index (χ3v) is 8.08. The van der Waals surface area contributed by atoms with Gasteiger partial charge in [0.1, 0.15) is 18.4 Å². The monoisotopic (exact) mass is 632 g/mol. The van der Waals surface area contributed by atoms with Crippen molar-refractivity contribution >= 4 is 35.0 Å². The Morgan fingerprint density at radius 2 is 1.86 bits per heavy atom. The van der Waals surface area contributed by atoms with Gasteiger partial charge in [0.2, 0.25) is 0 Å². The number of carbonyl (C=O) groups is 1. The number of esters is 1. The number of thiazole rings is 1. The SMILES string of the molecule is CCOC(=O)C1=C(C)N=c2s/c(=C\c3ccc(OCc4cccc(Cl)c4)c(OC)c3)c(=O)n2[C@H]1c1ccccc1OC(C)C. The van der Waals surface area contributed by atoms with Crippen LogP contribution in [0.25, 0.3) is 6.08 Å². The van der Waals surface area contributed by atoms with Gasteiger partial charge < -0.3 is 18.9 Å². The molecule has 1 atom stereocenters. The minimum absolute atomic E-state index is 0.115. The first-order valence-corrected chi connectivity index (χ1v) is 15.4. The summed E-state index contributed by atoms with van der Waals surface area (Å²) in [7, 11) is 1.57. The average Bonchev–Trinajstić information content (AvgIpc) is 3.29. The van der Waals surface area contributed by atoms with Crippen LogP contribution in [-0.4, -0.2) is 30.4 Å². The van der Waals surface area contributed by atoms with Crippen molar-refractivity contribution in [1.82, 2.24) is 4.57 Å². The van der Waals surface area contributed by atoms with Crippen molar-refractivity contribution in [3.63, 3.8) is 0 Å². The molecular weight excluding hydrogens is 600 g/mol. The third kappa shape index (κ3) is 6.59. The van der Waals surface area contributed by atoms with Gasteiger partial charge in [0.15, 0.2) is 16.3 Å². The number of nitrogens with zero attached hydrogens (tertiary/aromatic N) is 2. The van der Waals surface area contributed by atoms with E-state index in [2.05, 4.69) is 4.99 Å². The van der Waals surface area contributed by atoms with Gasteiger partial charge in [-0.3, -0.25) is 9.36 Å². The maximum Gasteiger partial charge on any atom is 0.338 e. The molecule has 1 aliphatic heterocycles. The van der Waals surface area contributed by atoms with E-state index in [0.717, 1.165) is 11.1 Å². The number of ether oxygens (including phenoxy) is 4. The lowest BCUT2D eigenvalue weighted by atomic mass is 9.95. The largest absolute Gasteiger partial charge is 0.493 e. The van der Waals surface area contributed by atoms with Crippen LogP contribution < -0.4 is 29.1 Å². The molecule has 0 saturated carbocycles. The molecular formula is C34H33ClN2O6S. The predicted octanol–water partition coefficient (Wildman–Crippen LogP) is 5.83. The molecule has 0 bridgehead atoms. The number of carbonyl (C=O) groups excluding carboxylic acids is 1. The molecule has 0 saturated heterocycles. The second-order valence-corrected chi connectivity index (χ2v) is 11.8. The van der Waals surface area contributed by atoms with Crippen LogP contribution in [0.15, 0.2) is 87.8 Å². The molecule has 0 unspecified atom stereocenters. The minimum Gasteiger partial charge on any atom is -0.493 e. The summed E-state index contributed by atoms with van der Waals surface area (Å²) >= 11 is 7.35. The molecule has 3 aromatic carbocycles. The van der Waals surface area contributed by atoms with Crippen LogP contribution in [0.4, 0.5) is 0 Å². The van der Waals surface area contributed by atoms with Crippen LogP contribution >= 0.6 is 22.9 Å². The summed E-state index contributed by atoms with van der Waals surface area (Å²) in [5, 5.41) is 0.637. The minimum atomic E-state index is -0.779. The highest BCUT2D eigenvalue weighted by Crippen LogP contribution is 2.36. The highest BCUT2D eigenvalue weighted by molar-refractivity contribution is 7.07. The average molecular weight is 633 g/mol. The molecule has 228 valence electrons. The summed E-state index contributed by atoms with van der Waals surface area (Å²) < 4.78 is 25.1. The Bertz CT molecular complexity index is 1910. The third-order valence-electron chi connectivity index (χ3n) is 6.86. The number of halogens is 1. The van der Waals surface area contributed by atoms with Crippen molar-refractivity contribution in [2.24, 2.45) is 4.99 Å². The van der Waals surface area contributed by atoms with Crippen molar-refractivity contribution in [2.45, 2.75) is 46.4 Å². The number of benzene rings is 3. The van der Waals surface area contributed by atoms with Gasteiger partial charge in [-0.1, -0.05) is 59.3 Å². The van der Waals surface area contributed by atoms with Crippen LogP contribution in [0.2, 0.25) is 5.02 Å². The fourth-order valence-corrected chi connectivity index (χ4v) is 6.25. The summed E-state index contributed by atoms with van der Waals surface area (Å²) in [5.41, 5.74) is 2.85. The Morgan fingerprint density at radius 3 is 2.59 bits per heavy atom. The molecule has 1 aromatic heterocycles. The zero-order chi connectivity index (χ0) is 31.4. The number of fused-ring (bicyclic) bond motifs is 1. The Labute approximate surface area is 264 Å². The lowest BCUT2D eigenvalue weighted by molar-refractivity contribution is -0.139. The second-order valence-electron chi connectivity index (χ2n) is 10.3. The fourth-order valence-electron chi connectivity index (χ4n) is 4.99. The molecule has 0 N–H and O–H groups in total. The molecule has 2 heterocycles. The van der Waals surface area contributed by atoms with Crippen molar-refractivity contribution in [1.29, 1.82) is 0 Å². The molecule has 1 aliphatic rings. The number of rotatable bonds is 10. The van der Waals surface area contributed by atoms with Crippen molar-refractivity contribution in [3.05, 3.63) is 119 Å². The highest BCUT2D eigenvalue weighted by Gasteiger charge is 2.35. The van der Waals surface area contributed by atoms with E-state index >= 15 is 0 Å². The predicted molar refractivity (Wildman–Crippen MR) is 171 cm³/mol. The van der Waals surface area contributed by atoms with Gasteiger partial charge >= 0.3 is 5.97 Å². The van der Waals surface area contributed by atoms with Gasteiger partial charge in [0, 0.05) is 10.6 Å². The molecule has 0 spiro atoms. The number of allylic oxidation sites excluding steroid dienone is 1. The van der Waals surface area contributed by atoms with E-state index in [0.29, 0.717) is 55.0 Å². The molecule has 0 amide bonds. The van der Waals surface area contributed by atoms with Crippen molar-refractivity contribution < 1.29 is 23.7 Å². The van der Waals surface area contributed by atoms with Crippen LogP contribution in [0.1, 0.15) is 50.4 Å². The summed E-state index contributed by atoms with van der Waals surface area (Å²) in [6, 6.07) is 19.6. The van der Waals surface area contributed by atoms with Crippen molar-refractivity contribution in [3.8, 4) is 17.2 Å². The van der Waals surface area contributed by atoms with E-state index in [4.69, 9.17) is 30.5 Å². The van der Waals surface area contributed by atoms with Gasteiger partial charge in [-0.2, -0.15) is 0 Å². The van der Waals surface area contributed by atoms with E-state index in [1.165, 1.54) is 11.3 Å². The molecule has 10 heteroatoms. The second kappa shape index (κ2) is 13.5. The number of hydrogen-bond donors (Lipinski definition) is 0. The van der Waals surface area contributed by atoms with Crippen LogP contribution in [0.3, 0.4) is 0 Å². The molecule has 0 aliphatic carbocycles. The topological polar surface area (TPSA) is 88.4 Å². The smallest absolute Gasteiger partial charge is 0.338 e. The first kappa shape index (κ1) is 31.1. The summed E-state index contributed by atoms with van der Waals surface area (Å²) in [6.45, 7) is 7.87. The van der Waals surface area contributed by atoms with E-state index in [-0.39, 0.29) is 18.3 Å². The summed E-state index contributed by atoms with van der Waals surface area (Å²) in [6.07, 6.45) is 1.67. The number of methoxy groups -OCH3 is 1. The highest BCUT2D eigenvalue weighted by atomic mass is 35.5. The lowest BCUT2D eigenvalue weighted by Gasteiger charge is -2.26. The van der Waals surface area contributed by atoms with Crippen LogP contribution in [0, 0.1) is 0 Å². The molecule has 44 heavy (non-hydrogen) atoms. The van der Waals surface area contributed by atoms with Crippen molar-refractivity contribution in [2.75, 3.05) is 13.7 Å². The van der Waals surface area contributed by atoms with E-state index in [1.807, 2.05) is 74.5 Å². The van der Waals surface area contributed by atoms with E-state index < -0.39 is 12.0 Å². The normalized spacial score (nSPS) is 14.7. The van der Waals surface area contributed by atoms with Gasteiger partial charge in [-0.25, -0.2) is 9.79 Å². The van der Waals surface area contributed by atoms with Gasteiger partial charge in [-0.05, 0) is 75.2 Å². The molecule has 4 aromatic rings. The molecule has 8 nitrogen and oxygen atoms in total. The Balaban J connectivity index is 1.57. The Kier molecular flexibility index (Phi) is 9.56. The maximum absolute atomic E-state index is 14.1. The number of para-hydroxylation sites is 1. The number of hydrogen-bond acceptors (Lipinski definition) is 8. The Morgan fingerprint density at radius 1 is 1.07 bits per heavy atom. The quantitative estimate of drug-likeness (QED) is 0.205.